The SMILES string of the molecule is CCCc1ccc2ccc(-c3c4ccccc4c(-c4ccc(-c5cccc(-c6cncc(C)c6)c5)cc4)c4ccccc34)cc2c1. The average molecular weight is 590 g/mol. The summed E-state index contributed by atoms with van der Waals surface area (Å²) < 4.78 is 0. The van der Waals surface area contributed by atoms with Gasteiger partial charge in [-0.2, -0.15) is 0 Å². The Bertz CT molecular complexity index is 2320. The molecule has 0 spiro atoms. The first-order valence-corrected chi connectivity index (χ1v) is 16.3. The summed E-state index contributed by atoms with van der Waals surface area (Å²) in [6.07, 6.45) is 6.10. The van der Waals surface area contributed by atoms with Crippen LogP contribution in [0.3, 0.4) is 0 Å². The maximum atomic E-state index is 4.41. The summed E-state index contributed by atoms with van der Waals surface area (Å²) in [5.74, 6) is 0. The summed E-state index contributed by atoms with van der Waals surface area (Å²) in [5, 5.41) is 7.71. The predicted octanol–water partition coefficient (Wildman–Crippen LogP) is 12.5. The monoisotopic (exact) mass is 589 g/mol. The molecule has 0 amide bonds. The van der Waals surface area contributed by atoms with Crippen LogP contribution in [0.25, 0.3) is 76.8 Å². The molecule has 0 atom stereocenters. The predicted molar refractivity (Wildman–Crippen MR) is 197 cm³/mol. The lowest BCUT2D eigenvalue weighted by atomic mass is 9.85. The van der Waals surface area contributed by atoms with E-state index in [1.54, 1.807) is 0 Å². The highest BCUT2D eigenvalue weighted by Gasteiger charge is 2.17. The zero-order valence-electron chi connectivity index (χ0n) is 26.3. The van der Waals surface area contributed by atoms with E-state index >= 15 is 0 Å². The minimum atomic E-state index is 1.11. The van der Waals surface area contributed by atoms with Crippen molar-refractivity contribution >= 4 is 32.3 Å². The Morgan fingerprint density at radius 3 is 1.67 bits per heavy atom. The van der Waals surface area contributed by atoms with Gasteiger partial charge in [0.05, 0.1) is 0 Å². The second kappa shape index (κ2) is 11.8. The van der Waals surface area contributed by atoms with Gasteiger partial charge in [-0.1, -0.05) is 135 Å². The van der Waals surface area contributed by atoms with Gasteiger partial charge in [-0.25, -0.2) is 0 Å². The highest BCUT2D eigenvalue weighted by molar-refractivity contribution is 6.21. The van der Waals surface area contributed by atoms with Crippen LogP contribution in [0, 0.1) is 6.92 Å². The van der Waals surface area contributed by atoms with Gasteiger partial charge in [-0.05, 0) is 114 Å². The van der Waals surface area contributed by atoms with Gasteiger partial charge in [-0.3, -0.25) is 4.98 Å². The Kier molecular flexibility index (Phi) is 7.15. The molecule has 1 heterocycles. The van der Waals surface area contributed by atoms with Gasteiger partial charge in [0.25, 0.3) is 0 Å². The van der Waals surface area contributed by atoms with Crippen molar-refractivity contribution in [2.45, 2.75) is 26.7 Å². The zero-order valence-corrected chi connectivity index (χ0v) is 26.3. The number of aryl methyl sites for hydroxylation is 2. The second-order valence-electron chi connectivity index (χ2n) is 12.4. The summed E-state index contributed by atoms with van der Waals surface area (Å²) in [6.45, 7) is 4.33. The summed E-state index contributed by atoms with van der Waals surface area (Å²) in [5.41, 5.74) is 12.4. The Morgan fingerprint density at radius 1 is 0.435 bits per heavy atom. The lowest BCUT2D eigenvalue weighted by molar-refractivity contribution is 0.924. The Hall–Kier alpha value is -5.53. The molecule has 0 aliphatic rings. The topological polar surface area (TPSA) is 12.9 Å². The molecule has 0 N–H and O–H groups in total. The fourth-order valence-electron chi connectivity index (χ4n) is 7.07. The van der Waals surface area contributed by atoms with Gasteiger partial charge in [0.15, 0.2) is 0 Å². The molecule has 1 heteroatoms. The van der Waals surface area contributed by atoms with Gasteiger partial charge < -0.3 is 0 Å². The van der Waals surface area contributed by atoms with Gasteiger partial charge >= 0.3 is 0 Å². The molecule has 0 bridgehead atoms. The Balaban J connectivity index is 1.26. The molecule has 0 saturated carbocycles. The molecule has 1 aromatic heterocycles. The molecule has 46 heavy (non-hydrogen) atoms. The van der Waals surface area contributed by atoms with Gasteiger partial charge in [0.2, 0.25) is 0 Å². The average Bonchev–Trinajstić information content (AvgIpc) is 3.10. The van der Waals surface area contributed by atoms with Crippen LogP contribution in [-0.4, -0.2) is 4.98 Å². The number of aromatic nitrogens is 1. The van der Waals surface area contributed by atoms with E-state index in [9.17, 15) is 0 Å². The first-order valence-electron chi connectivity index (χ1n) is 16.3. The van der Waals surface area contributed by atoms with Gasteiger partial charge in [0.1, 0.15) is 0 Å². The maximum absolute atomic E-state index is 4.41. The van der Waals surface area contributed by atoms with Crippen molar-refractivity contribution in [3.63, 3.8) is 0 Å². The fraction of sp³-hybridized carbons (Fsp3) is 0.0889. The molecule has 0 aliphatic heterocycles. The van der Waals surface area contributed by atoms with E-state index in [0.29, 0.717) is 0 Å². The number of rotatable bonds is 6. The summed E-state index contributed by atoms with van der Waals surface area (Å²) in [4.78, 5) is 4.41. The number of hydrogen-bond donors (Lipinski definition) is 0. The van der Waals surface area contributed by atoms with E-state index in [1.807, 2.05) is 12.4 Å². The molecule has 0 saturated heterocycles. The number of hydrogen-bond acceptors (Lipinski definition) is 1. The van der Waals surface area contributed by atoms with E-state index in [1.165, 1.54) is 82.4 Å². The summed E-state index contributed by atoms with van der Waals surface area (Å²) in [6, 6.07) is 51.7. The molecular weight excluding hydrogens is 555 g/mol. The van der Waals surface area contributed by atoms with Crippen molar-refractivity contribution in [3.8, 4) is 44.5 Å². The number of pyridine rings is 1. The third-order valence-electron chi connectivity index (χ3n) is 9.24. The van der Waals surface area contributed by atoms with E-state index in [4.69, 9.17) is 0 Å². The second-order valence-corrected chi connectivity index (χ2v) is 12.4. The van der Waals surface area contributed by atoms with Crippen LogP contribution in [-0.2, 0) is 6.42 Å². The minimum Gasteiger partial charge on any atom is -0.264 e. The molecule has 8 aromatic rings. The normalized spacial score (nSPS) is 11.4. The number of benzene rings is 7. The molecule has 1 nitrogen and oxygen atoms in total. The van der Waals surface area contributed by atoms with Crippen LogP contribution in [0.2, 0.25) is 0 Å². The molecule has 220 valence electrons. The molecule has 8 rings (SSSR count). The van der Waals surface area contributed by atoms with Crippen molar-refractivity contribution < 1.29 is 0 Å². The highest BCUT2D eigenvalue weighted by atomic mass is 14.6. The maximum Gasteiger partial charge on any atom is 0.0346 e. The van der Waals surface area contributed by atoms with E-state index in [-0.39, 0.29) is 0 Å². The highest BCUT2D eigenvalue weighted by Crippen LogP contribution is 2.44. The van der Waals surface area contributed by atoms with E-state index in [0.717, 1.165) is 18.4 Å². The largest absolute Gasteiger partial charge is 0.264 e. The van der Waals surface area contributed by atoms with Crippen molar-refractivity contribution in [1.29, 1.82) is 0 Å². The van der Waals surface area contributed by atoms with Crippen LogP contribution in [0.1, 0.15) is 24.5 Å². The minimum absolute atomic E-state index is 1.11. The first-order chi connectivity index (χ1) is 22.7. The van der Waals surface area contributed by atoms with E-state index < -0.39 is 0 Å². The number of fused-ring (bicyclic) bond motifs is 3. The smallest absolute Gasteiger partial charge is 0.0346 e. The van der Waals surface area contributed by atoms with Crippen molar-refractivity contribution in [2.75, 3.05) is 0 Å². The molecule has 0 fully saturated rings. The number of nitrogens with zero attached hydrogens (tertiary/aromatic N) is 1. The van der Waals surface area contributed by atoms with E-state index in [2.05, 4.69) is 158 Å². The van der Waals surface area contributed by atoms with Crippen molar-refractivity contribution in [2.24, 2.45) is 0 Å². The van der Waals surface area contributed by atoms with Crippen LogP contribution >= 0.6 is 0 Å². The summed E-state index contributed by atoms with van der Waals surface area (Å²) >= 11 is 0. The quantitative estimate of drug-likeness (QED) is 0.176. The van der Waals surface area contributed by atoms with Crippen LogP contribution < -0.4 is 0 Å². The van der Waals surface area contributed by atoms with Crippen LogP contribution in [0.15, 0.2) is 152 Å². The summed E-state index contributed by atoms with van der Waals surface area (Å²) in [7, 11) is 0. The van der Waals surface area contributed by atoms with Gasteiger partial charge in [0, 0.05) is 18.0 Å². The lowest BCUT2D eigenvalue weighted by Gasteiger charge is -2.18. The third kappa shape index (κ3) is 5.04. The molecule has 0 aliphatic carbocycles. The van der Waals surface area contributed by atoms with Crippen LogP contribution in [0.4, 0.5) is 0 Å². The molecular formula is C45H35N. The molecule has 0 unspecified atom stereocenters. The Labute approximate surface area is 270 Å². The third-order valence-corrected chi connectivity index (χ3v) is 9.24. The molecule has 0 radical (unpaired) electrons. The van der Waals surface area contributed by atoms with Crippen LogP contribution in [0.5, 0.6) is 0 Å². The zero-order chi connectivity index (χ0) is 31.0. The molecule has 7 aromatic carbocycles. The first kappa shape index (κ1) is 28.0. The van der Waals surface area contributed by atoms with Gasteiger partial charge in [-0.15, -0.1) is 0 Å². The lowest BCUT2D eigenvalue weighted by Crippen LogP contribution is -1.91. The Morgan fingerprint density at radius 2 is 1.02 bits per heavy atom. The van der Waals surface area contributed by atoms with Crippen molar-refractivity contribution in [1.82, 2.24) is 4.98 Å². The fourth-order valence-corrected chi connectivity index (χ4v) is 7.07. The standard InChI is InChI=1S/C45H35N/c1-3-9-31-16-17-33-20-23-37(27-38(33)25-31)45-42-14-6-4-12-40(42)44(41-13-5-7-15-43(41)45)34-21-18-32(19-22-34)35-10-8-11-36(26-35)39-24-30(2)28-46-29-39/h4-8,10-29H,3,9H2,1-2H3. The van der Waals surface area contributed by atoms with Crippen molar-refractivity contribution in [3.05, 3.63) is 163 Å².